The van der Waals surface area contributed by atoms with E-state index in [1.54, 1.807) is 0 Å². The third kappa shape index (κ3) is 2.64. The van der Waals surface area contributed by atoms with Crippen LogP contribution in [0.25, 0.3) is 0 Å². The first-order valence-electron chi connectivity index (χ1n) is 2.42. The number of nitrogens with two attached hydrogens (primary N) is 1. The van der Waals surface area contributed by atoms with Gasteiger partial charge >= 0.3 is 0 Å². The normalized spacial score (nSPS) is 10.6. The highest BCUT2D eigenvalue weighted by Crippen LogP contribution is 2.15. The highest BCUT2D eigenvalue weighted by Gasteiger charge is 2.09. The van der Waals surface area contributed by atoms with Gasteiger partial charge < -0.3 is 5.73 Å². The highest BCUT2D eigenvalue weighted by atomic mass is 35.5. The summed E-state index contributed by atoms with van der Waals surface area (Å²) >= 11 is 0.980. The van der Waals surface area contributed by atoms with Crippen molar-refractivity contribution in [2.24, 2.45) is 0 Å². The molecule has 1 aromatic rings. The molecule has 0 saturated carbocycles. The summed E-state index contributed by atoms with van der Waals surface area (Å²) < 4.78 is 25.1. The van der Waals surface area contributed by atoms with Gasteiger partial charge in [0.05, 0.1) is 0 Å². The van der Waals surface area contributed by atoms with Crippen LogP contribution in [0.3, 0.4) is 0 Å². The van der Waals surface area contributed by atoms with Crippen LogP contribution in [0.5, 0.6) is 0 Å². The van der Waals surface area contributed by atoms with Crippen molar-refractivity contribution in [1.82, 2.24) is 4.37 Å². The molecular formula is C4H7ClN2O2S2. The van der Waals surface area contributed by atoms with E-state index in [-0.39, 0.29) is 17.4 Å². The number of nitrogens with zero attached hydrogens (tertiary/aromatic N) is 1. The Morgan fingerprint density at radius 1 is 1.64 bits per heavy atom. The van der Waals surface area contributed by atoms with Gasteiger partial charge in [-0.2, -0.15) is 4.37 Å². The predicted octanol–water partition coefficient (Wildman–Crippen LogP) is 0.551. The van der Waals surface area contributed by atoms with Crippen molar-refractivity contribution in [1.29, 1.82) is 0 Å². The Morgan fingerprint density at radius 2 is 2.18 bits per heavy atom. The lowest BCUT2D eigenvalue weighted by molar-refractivity contribution is 0.599. The second-order valence-corrected chi connectivity index (χ2v) is 4.64. The number of anilines is 1. The third-order valence-electron chi connectivity index (χ3n) is 0.887. The van der Waals surface area contributed by atoms with Gasteiger partial charge in [0.25, 0.3) is 0 Å². The van der Waals surface area contributed by atoms with Crippen molar-refractivity contribution in [3.63, 3.8) is 0 Å². The first kappa shape index (κ1) is 10.7. The second-order valence-electron chi connectivity index (χ2n) is 1.84. The van der Waals surface area contributed by atoms with Gasteiger partial charge in [0.2, 0.25) is 0 Å². The molecule has 1 aromatic heterocycles. The molecule has 0 aliphatic heterocycles. The molecule has 4 nitrogen and oxygen atoms in total. The molecule has 11 heavy (non-hydrogen) atoms. The number of rotatable bonds is 1. The monoisotopic (exact) mass is 214 g/mol. The van der Waals surface area contributed by atoms with Gasteiger partial charge in [-0.15, -0.1) is 12.4 Å². The molecule has 0 atom stereocenters. The molecule has 0 spiro atoms. The average molecular weight is 215 g/mol. The Kier molecular flexibility index (Phi) is 3.28. The van der Waals surface area contributed by atoms with E-state index in [9.17, 15) is 8.42 Å². The summed E-state index contributed by atoms with van der Waals surface area (Å²) in [5.74, 6) is 0. The molecule has 64 valence electrons. The summed E-state index contributed by atoms with van der Waals surface area (Å²) in [5.41, 5.74) is 5.27. The number of halogens is 1. The molecule has 1 rings (SSSR count). The lowest BCUT2D eigenvalue weighted by Gasteiger charge is -1.85. The zero-order valence-electron chi connectivity index (χ0n) is 5.64. The number of sulfone groups is 1. The molecule has 0 aromatic carbocycles. The molecule has 1 heterocycles. The van der Waals surface area contributed by atoms with E-state index in [1.807, 2.05) is 0 Å². The van der Waals surface area contributed by atoms with Crippen LogP contribution in [0.4, 0.5) is 5.00 Å². The zero-order valence-corrected chi connectivity index (χ0v) is 8.09. The van der Waals surface area contributed by atoms with Crippen LogP contribution in [0.2, 0.25) is 0 Å². The quantitative estimate of drug-likeness (QED) is 0.741. The average Bonchev–Trinajstić information content (AvgIpc) is 2.11. The summed E-state index contributed by atoms with van der Waals surface area (Å²) in [6, 6.07) is 1.35. The van der Waals surface area contributed by atoms with Gasteiger partial charge in [0.1, 0.15) is 5.00 Å². The molecule has 0 bridgehead atoms. The Hall–Kier alpha value is -0.330. The van der Waals surface area contributed by atoms with Crippen molar-refractivity contribution in [3.05, 3.63) is 6.07 Å². The van der Waals surface area contributed by atoms with Crippen LogP contribution < -0.4 is 5.73 Å². The third-order valence-corrected chi connectivity index (χ3v) is 2.59. The second kappa shape index (κ2) is 3.38. The van der Waals surface area contributed by atoms with Crippen LogP contribution in [0.15, 0.2) is 11.1 Å². The van der Waals surface area contributed by atoms with Gasteiger partial charge in [0, 0.05) is 12.3 Å². The minimum absolute atomic E-state index is 0. The van der Waals surface area contributed by atoms with E-state index in [1.165, 1.54) is 6.07 Å². The van der Waals surface area contributed by atoms with Crippen LogP contribution >= 0.6 is 23.9 Å². The maximum atomic E-state index is 10.7. The lowest BCUT2D eigenvalue weighted by atomic mass is 10.7. The van der Waals surface area contributed by atoms with Crippen molar-refractivity contribution in [2.45, 2.75) is 5.03 Å². The molecule has 2 N–H and O–H groups in total. The summed E-state index contributed by atoms with van der Waals surface area (Å²) in [4.78, 5) is 0. The fourth-order valence-corrected chi connectivity index (χ4v) is 1.93. The molecular weight excluding hydrogens is 208 g/mol. The Morgan fingerprint density at radius 3 is 2.36 bits per heavy atom. The number of hydrogen-bond donors (Lipinski definition) is 1. The SMILES string of the molecule is CS(=O)(=O)c1cc(N)sn1.Cl. The van der Waals surface area contributed by atoms with Crippen molar-refractivity contribution in [2.75, 3.05) is 12.0 Å². The zero-order chi connectivity index (χ0) is 7.78. The van der Waals surface area contributed by atoms with Gasteiger partial charge in [-0.3, -0.25) is 0 Å². The Bertz CT molecular complexity index is 332. The van der Waals surface area contributed by atoms with Gasteiger partial charge in [-0.25, -0.2) is 8.42 Å². The smallest absolute Gasteiger partial charge is 0.193 e. The van der Waals surface area contributed by atoms with Gasteiger partial charge in [-0.1, -0.05) is 0 Å². The first-order chi connectivity index (χ1) is 4.50. The largest absolute Gasteiger partial charge is 0.389 e. The number of aromatic nitrogens is 1. The van der Waals surface area contributed by atoms with E-state index in [2.05, 4.69) is 4.37 Å². The summed E-state index contributed by atoms with van der Waals surface area (Å²) in [6.07, 6.45) is 1.10. The standard InChI is InChI=1S/C4H6N2O2S2.ClH/c1-10(7,8)4-2-3(5)9-6-4;/h2H,5H2,1H3;1H. The maximum Gasteiger partial charge on any atom is 0.193 e. The van der Waals surface area contributed by atoms with E-state index >= 15 is 0 Å². The van der Waals surface area contributed by atoms with Crippen LogP contribution in [0, 0.1) is 0 Å². The van der Waals surface area contributed by atoms with Crippen molar-refractivity contribution in [3.8, 4) is 0 Å². The topological polar surface area (TPSA) is 73.0 Å². The van der Waals surface area contributed by atoms with Gasteiger partial charge in [-0.05, 0) is 11.5 Å². The number of hydrogen-bond acceptors (Lipinski definition) is 5. The molecule has 0 radical (unpaired) electrons. The predicted molar refractivity (Wildman–Crippen MR) is 46.9 cm³/mol. The van der Waals surface area contributed by atoms with Crippen molar-refractivity contribution < 1.29 is 8.42 Å². The first-order valence-corrected chi connectivity index (χ1v) is 5.09. The van der Waals surface area contributed by atoms with Crippen LogP contribution in [0.1, 0.15) is 0 Å². The summed E-state index contributed by atoms with van der Waals surface area (Å²) in [5, 5.41) is 0.468. The molecule has 0 aliphatic carbocycles. The molecule has 0 aliphatic rings. The summed E-state index contributed by atoms with van der Waals surface area (Å²) in [7, 11) is -3.16. The molecule has 0 amide bonds. The Balaban J connectivity index is 0.000001000. The molecule has 0 fully saturated rings. The van der Waals surface area contributed by atoms with Crippen LogP contribution in [-0.2, 0) is 9.84 Å². The van der Waals surface area contributed by atoms with E-state index in [0.717, 1.165) is 17.8 Å². The van der Waals surface area contributed by atoms with Gasteiger partial charge in [0.15, 0.2) is 14.9 Å². The lowest BCUT2D eigenvalue weighted by Crippen LogP contribution is -1.95. The summed E-state index contributed by atoms with van der Waals surface area (Å²) in [6.45, 7) is 0. The molecule has 0 unspecified atom stereocenters. The fraction of sp³-hybridized carbons (Fsp3) is 0.250. The van der Waals surface area contributed by atoms with E-state index in [0.29, 0.717) is 5.00 Å². The van der Waals surface area contributed by atoms with E-state index < -0.39 is 9.84 Å². The minimum atomic E-state index is -3.16. The maximum absolute atomic E-state index is 10.7. The van der Waals surface area contributed by atoms with Crippen molar-refractivity contribution >= 4 is 38.8 Å². The highest BCUT2D eigenvalue weighted by molar-refractivity contribution is 7.90. The fourth-order valence-electron chi connectivity index (χ4n) is 0.447. The minimum Gasteiger partial charge on any atom is -0.389 e. The molecule has 0 saturated heterocycles. The Labute approximate surface area is 74.9 Å². The van der Waals surface area contributed by atoms with Crippen LogP contribution in [-0.4, -0.2) is 19.0 Å². The van der Waals surface area contributed by atoms with E-state index in [4.69, 9.17) is 5.73 Å². The molecule has 7 heteroatoms. The number of nitrogen functional groups attached to an aromatic ring is 1.